The van der Waals surface area contributed by atoms with Crippen molar-refractivity contribution in [3.63, 3.8) is 0 Å². The Bertz CT molecular complexity index is 625. The predicted molar refractivity (Wildman–Crippen MR) is 93.7 cm³/mol. The minimum absolute atomic E-state index is 0.0429. The summed E-state index contributed by atoms with van der Waals surface area (Å²) in [5, 5.41) is 7.60. The molecule has 2 aliphatic rings. The van der Waals surface area contributed by atoms with Crippen LogP contribution in [-0.4, -0.2) is 28.8 Å². The fourth-order valence-corrected chi connectivity index (χ4v) is 3.98. The fraction of sp³-hybridized carbons (Fsp3) is 0.684. The molecule has 5 nitrogen and oxygen atoms in total. The van der Waals surface area contributed by atoms with Crippen molar-refractivity contribution in [1.82, 2.24) is 15.1 Å². The van der Waals surface area contributed by atoms with Crippen LogP contribution < -0.4 is 5.32 Å². The Morgan fingerprint density at radius 1 is 1.33 bits per heavy atom. The van der Waals surface area contributed by atoms with Gasteiger partial charge in [-0.25, -0.2) is 0 Å². The first-order valence-corrected chi connectivity index (χ1v) is 9.15. The van der Waals surface area contributed by atoms with Gasteiger partial charge >= 0.3 is 0 Å². The molecular formula is C19H29N3O2. The number of ether oxygens (including phenoxy) is 1. The molecule has 1 aliphatic heterocycles. The van der Waals surface area contributed by atoms with Crippen molar-refractivity contribution in [2.24, 2.45) is 13.0 Å². The Balaban J connectivity index is 1.61. The average Bonchev–Trinajstić information content (AvgIpc) is 3.11. The average molecular weight is 331 g/mol. The van der Waals surface area contributed by atoms with E-state index >= 15 is 0 Å². The maximum Gasteiger partial charge on any atom is 0.243 e. The Labute approximate surface area is 144 Å². The number of carbonyl (C=O) groups excluding carboxylic acids is 1. The molecular weight excluding hydrogens is 302 g/mol. The Morgan fingerprint density at radius 2 is 2.08 bits per heavy atom. The van der Waals surface area contributed by atoms with Gasteiger partial charge in [0.2, 0.25) is 5.91 Å². The SMILES string of the molecule is Cc1nn(C)c(C)c1[C@H]1OCC[C@@H]1CNC(=O)C=C1CCCCC1. The van der Waals surface area contributed by atoms with Gasteiger partial charge in [0.05, 0.1) is 11.8 Å². The molecule has 1 saturated carbocycles. The third-order valence-corrected chi connectivity index (χ3v) is 5.43. The van der Waals surface area contributed by atoms with E-state index < -0.39 is 0 Å². The van der Waals surface area contributed by atoms with Gasteiger partial charge < -0.3 is 10.1 Å². The number of carbonyl (C=O) groups is 1. The van der Waals surface area contributed by atoms with Gasteiger partial charge in [-0.05, 0) is 46.0 Å². The molecule has 1 aromatic rings. The van der Waals surface area contributed by atoms with Crippen LogP contribution in [0.25, 0.3) is 0 Å². The van der Waals surface area contributed by atoms with E-state index in [9.17, 15) is 4.79 Å². The third-order valence-electron chi connectivity index (χ3n) is 5.43. The van der Waals surface area contributed by atoms with Crippen LogP contribution in [0.5, 0.6) is 0 Å². The lowest BCUT2D eigenvalue weighted by atomic mass is 9.93. The van der Waals surface area contributed by atoms with Crippen molar-refractivity contribution in [3.05, 3.63) is 28.6 Å². The second kappa shape index (κ2) is 7.51. The quantitative estimate of drug-likeness (QED) is 0.863. The largest absolute Gasteiger partial charge is 0.373 e. The van der Waals surface area contributed by atoms with E-state index in [-0.39, 0.29) is 12.0 Å². The number of amides is 1. The van der Waals surface area contributed by atoms with Crippen LogP contribution in [0.1, 0.15) is 61.6 Å². The predicted octanol–water partition coefficient (Wildman–Crippen LogP) is 3.12. The van der Waals surface area contributed by atoms with E-state index in [1.54, 1.807) is 0 Å². The molecule has 5 heteroatoms. The number of nitrogens with zero attached hydrogens (tertiary/aromatic N) is 2. The van der Waals surface area contributed by atoms with Gasteiger partial charge in [-0.2, -0.15) is 5.10 Å². The number of nitrogens with one attached hydrogen (secondary N) is 1. The van der Waals surface area contributed by atoms with E-state index in [2.05, 4.69) is 17.3 Å². The third kappa shape index (κ3) is 3.72. The van der Waals surface area contributed by atoms with Crippen molar-refractivity contribution < 1.29 is 9.53 Å². The van der Waals surface area contributed by atoms with Gasteiger partial charge in [0, 0.05) is 43.5 Å². The first-order valence-electron chi connectivity index (χ1n) is 9.15. The van der Waals surface area contributed by atoms with Crippen molar-refractivity contribution in [2.45, 2.75) is 58.5 Å². The molecule has 2 atom stereocenters. The van der Waals surface area contributed by atoms with Crippen molar-refractivity contribution in [2.75, 3.05) is 13.2 Å². The van der Waals surface area contributed by atoms with Crippen LogP contribution in [0.15, 0.2) is 11.6 Å². The molecule has 2 heterocycles. The number of hydrogen-bond acceptors (Lipinski definition) is 3. The van der Waals surface area contributed by atoms with E-state index in [0.717, 1.165) is 37.3 Å². The highest BCUT2D eigenvalue weighted by Gasteiger charge is 2.33. The molecule has 1 aromatic heterocycles. The molecule has 0 spiro atoms. The molecule has 132 valence electrons. The molecule has 0 radical (unpaired) electrons. The van der Waals surface area contributed by atoms with Crippen LogP contribution in [0.3, 0.4) is 0 Å². The summed E-state index contributed by atoms with van der Waals surface area (Å²) in [6.45, 7) is 5.54. The van der Waals surface area contributed by atoms with Crippen LogP contribution in [0.2, 0.25) is 0 Å². The van der Waals surface area contributed by atoms with Gasteiger partial charge in [-0.15, -0.1) is 0 Å². The molecule has 0 aromatic carbocycles. The number of aromatic nitrogens is 2. The van der Waals surface area contributed by atoms with Crippen LogP contribution in [0.4, 0.5) is 0 Å². The maximum absolute atomic E-state index is 12.2. The molecule has 0 unspecified atom stereocenters. The summed E-state index contributed by atoms with van der Waals surface area (Å²) < 4.78 is 7.90. The fourth-order valence-electron chi connectivity index (χ4n) is 3.98. The lowest BCUT2D eigenvalue weighted by Gasteiger charge is -2.20. The molecule has 3 rings (SSSR count). The van der Waals surface area contributed by atoms with Crippen molar-refractivity contribution in [3.8, 4) is 0 Å². The summed E-state index contributed by atoms with van der Waals surface area (Å²) in [6, 6.07) is 0. The zero-order chi connectivity index (χ0) is 17.1. The first-order chi connectivity index (χ1) is 11.6. The van der Waals surface area contributed by atoms with Gasteiger partial charge in [0.1, 0.15) is 0 Å². The molecule has 24 heavy (non-hydrogen) atoms. The number of allylic oxidation sites excluding steroid dienone is 1. The van der Waals surface area contributed by atoms with Crippen LogP contribution in [0, 0.1) is 19.8 Å². The second-order valence-corrected chi connectivity index (χ2v) is 7.16. The summed E-state index contributed by atoms with van der Waals surface area (Å²) in [5.74, 6) is 0.373. The van der Waals surface area contributed by atoms with Crippen LogP contribution >= 0.6 is 0 Å². The van der Waals surface area contributed by atoms with Gasteiger partial charge in [-0.3, -0.25) is 9.48 Å². The van der Waals surface area contributed by atoms with Crippen LogP contribution in [-0.2, 0) is 16.6 Å². The maximum atomic E-state index is 12.2. The van der Waals surface area contributed by atoms with E-state index in [1.807, 2.05) is 24.7 Å². The number of rotatable bonds is 4. The highest BCUT2D eigenvalue weighted by atomic mass is 16.5. The molecule has 1 amide bonds. The van der Waals surface area contributed by atoms with Crippen molar-refractivity contribution >= 4 is 5.91 Å². The molecule has 2 fully saturated rings. The van der Waals surface area contributed by atoms with E-state index in [0.29, 0.717) is 12.5 Å². The first kappa shape index (κ1) is 17.2. The minimum atomic E-state index is 0.0429. The zero-order valence-electron chi connectivity index (χ0n) is 15.1. The minimum Gasteiger partial charge on any atom is -0.373 e. The summed E-state index contributed by atoms with van der Waals surface area (Å²) in [6.07, 6.45) is 8.74. The monoisotopic (exact) mass is 331 g/mol. The number of hydrogen-bond donors (Lipinski definition) is 1. The molecule has 1 saturated heterocycles. The second-order valence-electron chi connectivity index (χ2n) is 7.16. The summed E-state index contributed by atoms with van der Waals surface area (Å²) in [5.41, 5.74) is 4.68. The lowest BCUT2D eigenvalue weighted by molar-refractivity contribution is -0.116. The smallest absolute Gasteiger partial charge is 0.243 e. The highest BCUT2D eigenvalue weighted by Crippen LogP contribution is 2.37. The normalized spacial score (nSPS) is 24.2. The highest BCUT2D eigenvalue weighted by molar-refractivity contribution is 5.88. The van der Waals surface area contributed by atoms with Gasteiger partial charge in [0.25, 0.3) is 0 Å². The number of aryl methyl sites for hydroxylation is 2. The molecule has 1 N–H and O–H groups in total. The molecule has 0 bridgehead atoms. The summed E-state index contributed by atoms with van der Waals surface area (Å²) in [7, 11) is 1.97. The Morgan fingerprint density at radius 3 is 2.75 bits per heavy atom. The lowest BCUT2D eigenvalue weighted by Crippen LogP contribution is -2.29. The standard InChI is InChI=1S/C19H29N3O2/c1-13-18(14(2)22(3)21-13)19-16(9-10-24-19)12-20-17(23)11-15-7-5-4-6-8-15/h11,16,19H,4-10,12H2,1-3H3,(H,20,23)/t16-,19+/m1/s1. The Hall–Kier alpha value is -1.62. The van der Waals surface area contributed by atoms with Crippen molar-refractivity contribution in [1.29, 1.82) is 0 Å². The summed E-state index contributed by atoms with van der Waals surface area (Å²) >= 11 is 0. The van der Waals surface area contributed by atoms with E-state index in [4.69, 9.17) is 4.74 Å². The van der Waals surface area contributed by atoms with Gasteiger partial charge in [-0.1, -0.05) is 12.0 Å². The topological polar surface area (TPSA) is 56.1 Å². The van der Waals surface area contributed by atoms with Gasteiger partial charge in [0.15, 0.2) is 0 Å². The summed E-state index contributed by atoms with van der Waals surface area (Å²) in [4.78, 5) is 12.2. The van der Waals surface area contributed by atoms with E-state index in [1.165, 1.54) is 30.4 Å². The molecule has 1 aliphatic carbocycles. The Kier molecular flexibility index (Phi) is 5.39. The zero-order valence-corrected chi connectivity index (χ0v) is 15.1.